The number of carbonyl (C=O) groups is 1. The van der Waals surface area contributed by atoms with Crippen molar-refractivity contribution in [2.24, 2.45) is 0 Å². The quantitative estimate of drug-likeness (QED) is 0.828. The van der Waals surface area contributed by atoms with Gasteiger partial charge in [-0.25, -0.2) is 0 Å². The highest BCUT2D eigenvalue weighted by Gasteiger charge is 2.49. The SMILES string of the molecule is COc1ccc2c(c1)CCC1(CCCN1CCc1ccccc1C)C2=O. The van der Waals surface area contributed by atoms with Gasteiger partial charge in [0.1, 0.15) is 5.75 Å². The van der Waals surface area contributed by atoms with Gasteiger partial charge >= 0.3 is 0 Å². The number of benzene rings is 2. The lowest BCUT2D eigenvalue weighted by molar-refractivity contribution is 0.0620. The van der Waals surface area contributed by atoms with Crippen molar-refractivity contribution in [3.8, 4) is 5.75 Å². The van der Waals surface area contributed by atoms with Crippen molar-refractivity contribution in [2.45, 2.75) is 44.6 Å². The Morgan fingerprint density at radius 1 is 1.15 bits per heavy atom. The molecule has 0 saturated carbocycles. The minimum absolute atomic E-state index is 0.287. The van der Waals surface area contributed by atoms with E-state index in [0.29, 0.717) is 5.78 Å². The Balaban J connectivity index is 1.57. The summed E-state index contributed by atoms with van der Waals surface area (Å²) in [6, 6.07) is 14.5. The molecule has 1 heterocycles. The van der Waals surface area contributed by atoms with Crippen molar-refractivity contribution in [3.05, 3.63) is 64.7 Å². The lowest BCUT2D eigenvalue weighted by Crippen LogP contribution is -2.53. The van der Waals surface area contributed by atoms with E-state index in [9.17, 15) is 4.79 Å². The number of methoxy groups -OCH3 is 1. The van der Waals surface area contributed by atoms with Crippen molar-refractivity contribution in [2.75, 3.05) is 20.2 Å². The monoisotopic (exact) mass is 349 g/mol. The van der Waals surface area contributed by atoms with Gasteiger partial charge in [-0.1, -0.05) is 24.3 Å². The first-order valence-electron chi connectivity index (χ1n) is 9.65. The molecule has 136 valence electrons. The van der Waals surface area contributed by atoms with E-state index in [1.165, 1.54) is 11.1 Å². The molecule has 1 saturated heterocycles. The summed E-state index contributed by atoms with van der Waals surface area (Å²) in [5.74, 6) is 1.17. The maximum absolute atomic E-state index is 13.4. The average molecular weight is 349 g/mol. The van der Waals surface area contributed by atoms with E-state index in [1.807, 2.05) is 18.2 Å². The number of nitrogens with zero attached hydrogens (tertiary/aromatic N) is 1. The number of ether oxygens (including phenoxy) is 1. The molecule has 3 nitrogen and oxygen atoms in total. The normalized spacial score (nSPS) is 22.6. The second-order valence-corrected chi connectivity index (χ2v) is 7.65. The molecular weight excluding hydrogens is 322 g/mol. The van der Waals surface area contributed by atoms with Crippen LogP contribution < -0.4 is 4.74 Å². The highest BCUT2D eigenvalue weighted by molar-refractivity contribution is 6.05. The fraction of sp³-hybridized carbons (Fsp3) is 0.435. The van der Waals surface area contributed by atoms with Crippen molar-refractivity contribution in [3.63, 3.8) is 0 Å². The second kappa shape index (κ2) is 6.88. The number of hydrogen-bond donors (Lipinski definition) is 0. The summed E-state index contributed by atoms with van der Waals surface area (Å²) < 4.78 is 5.33. The second-order valence-electron chi connectivity index (χ2n) is 7.65. The van der Waals surface area contributed by atoms with Crippen LogP contribution in [0.15, 0.2) is 42.5 Å². The summed E-state index contributed by atoms with van der Waals surface area (Å²) in [6.07, 6.45) is 5.01. The Hall–Kier alpha value is -2.13. The van der Waals surface area contributed by atoms with Crippen LogP contribution in [-0.2, 0) is 12.8 Å². The molecule has 2 aliphatic rings. The third kappa shape index (κ3) is 2.84. The summed E-state index contributed by atoms with van der Waals surface area (Å²) in [7, 11) is 1.68. The molecule has 4 rings (SSSR count). The van der Waals surface area contributed by atoms with E-state index in [-0.39, 0.29) is 5.54 Å². The predicted octanol–water partition coefficient (Wildman–Crippen LogP) is 4.21. The zero-order valence-electron chi connectivity index (χ0n) is 15.8. The van der Waals surface area contributed by atoms with Gasteiger partial charge in [-0.3, -0.25) is 9.69 Å². The first kappa shape index (κ1) is 17.3. The van der Waals surface area contributed by atoms with Gasteiger partial charge in [-0.05, 0) is 80.5 Å². The number of Topliss-reactive ketones (excluding diaryl/α,β-unsaturated/α-hetero) is 1. The molecule has 1 fully saturated rings. The van der Waals surface area contributed by atoms with Gasteiger partial charge in [0.25, 0.3) is 0 Å². The van der Waals surface area contributed by atoms with Crippen LogP contribution in [0.25, 0.3) is 0 Å². The van der Waals surface area contributed by atoms with Crippen LogP contribution in [0.5, 0.6) is 5.75 Å². The van der Waals surface area contributed by atoms with Gasteiger partial charge in [0, 0.05) is 12.1 Å². The Labute approximate surface area is 156 Å². The maximum Gasteiger partial charge on any atom is 0.183 e. The average Bonchev–Trinajstić information content (AvgIpc) is 3.07. The number of hydrogen-bond acceptors (Lipinski definition) is 3. The minimum atomic E-state index is -0.287. The van der Waals surface area contributed by atoms with Crippen LogP contribution >= 0.6 is 0 Å². The Kier molecular flexibility index (Phi) is 4.58. The third-order valence-corrected chi connectivity index (χ3v) is 6.32. The largest absolute Gasteiger partial charge is 0.497 e. The summed E-state index contributed by atoms with van der Waals surface area (Å²) in [5.41, 5.74) is 4.49. The molecule has 3 heteroatoms. The first-order valence-corrected chi connectivity index (χ1v) is 9.65. The van der Waals surface area contributed by atoms with Gasteiger partial charge in [0.2, 0.25) is 0 Å². The molecule has 2 aromatic carbocycles. The highest BCUT2D eigenvalue weighted by Crippen LogP contribution is 2.41. The van der Waals surface area contributed by atoms with E-state index in [0.717, 1.165) is 62.1 Å². The zero-order valence-corrected chi connectivity index (χ0v) is 15.8. The van der Waals surface area contributed by atoms with E-state index < -0.39 is 0 Å². The van der Waals surface area contributed by atoms with Crippen molar-refractivity contribution in [1.29, 1.82) is 0 Å². The molecule has 2 aromatic rings. The summed E-state index contributed by atoms with van der Waals surface area (Å²) in [6.45, 7) is 4.16. The molecule has 1 spiro atoms. The molecule has 0 bridgehead atoms. The third-order valence-electron chi connectivity index (χ3n) is 6.32. The van der Waals surface area contributed by atoms with Crippen molar-refractivity contribution in [1.82, 2.24) is 4.90 Å². The van der Waals surface area contributed by atoms with Crippen LogP contribution in [0.2, 0.25) is 0 Å². The van der Waals surface area contributed by atoms with E-state index in [1.54, 1.807) is 7.11 Å². The Bertz CT molecular complexity index is 829. The topological polar surface area (TPSA) is 29.5 Å². The fourth-order valence-corrected chi connectivity index (χ4v) is 4.78. The summed E-state index contributed by atoms with van der Waals surface area (Å²) in [4.78, 5) is 15.9. The molecule has 1 aliphatic heterocycles. The molecule has 0 radical (unpaired) electrons. The molecule has 0 amide bonds. The van der Waals surface area contributed by atoms with Gasteiger partial charge in [-0.2, -0.15) is 0 Å². The number of rotatable bonds is 4. The van der Waals surface area contributed by atoms with Crippen LogP contribution in [0.1, 0.15) is 46.3 Å². The number of aryl methyl sites for hydroxylation is 2. The van der Waals surface area contributed by atoms with Gasteiger partial charge in [0.15, 0.2) is 5.78 Å². The Morgan fingerprint density at radius 3 is 2.81 bits per heavy atom. The molecule has 1 aliphatic carbocycles. The zero-order chi connectivity index (χ0) is 18.1. The highest BCUT2D eigenvalue weighted by atomic mass is 16.5. The molecule has 26 heavy (non-hydrogen) atoms. The standard InChI is InChI=1S/C23H27NO2/c1-17-6-3-4-7-18(17)11-15-24-14-5-12-23(24)13-10-19-16-20(26-2)8-9-21(19)22(23)25/h3-4,6-9,16H,5,10-15H2,1-2H3. The van der Waals surface area contributed by atoms with E-state index in [4.69, 9.17) is 4.74 Å². The first-order chi connectivity index (χ1) is 12.6. The van der Waals surface area contributed by atoms with E-state index in [2.05, 4.69) is 36.1 Å². The lowest BCUT2D eigenvalue weighted by atomic mass is 9.75. The predicted molar refractivity (Wildman–Crippen MR) is 104 cm³/mol. The van der Waals surface area contributed by atoms with Crippen molar-refractivity contribution < 1.29 is 9.53 Å². The van der Waals surface area contributed by atoms with Crippen molar-refractivity contribution >= 4 is 5.78 Å². The van der Waals surface area contributed by atoms with Gasteiger partial charge < -0.3 is 4.74 Å². The van der Waals surface area contributed by atoms with Crippen LogP contribution in [0, 0.1) is 6.92 Å². The smallest absolute Gasteiger partial charge is 0.183 e. The van der Waals surface area contributed by atoms with Crippen LogP contribution in [0.3, 0.4) is 0 Å². The Morgan fingerprint density at radius 2 is 2.00 bits per heavy atom. The number of carbonyl (C=O) groups excluding carboxylic acids is 1. The minimum Gasteiger partial charge on any atom is -0.497 e. The number of fused-ring (bicyclic) bond motifs is 1. The fourth-order valence-electron chi connectivity index (χ4n) is 4.78. The van der Waals surface area contributed by atoms with Crippen LogP contribution in [0.4, 0.5) is 0 Å². The number of ketones is 1. The molecule has 1 atom stereocenters. The van der Waals surface area contributed by atoms with Gasteiger partial charge in [0.05, 0.1) is 12.6 Å². The van der Waals surface area contributed by atoms with Gasteiger partial charge in [-0.15, -0.1) is 0 Å². The van der Waals surface area contributed by atoms with E-state index >= 15 is 0 Å². The lowest BCUT2D eigenvalue weighted by Gasteiger charge is -2.41. The molecule has 0 N–H and O–H groups in total. The maximum atomic E-state index is 13.4. The summed E-state index contributed by atoms with van der Waals surface area (Å²) in [5, 5.41) is 0. The molecule has 0 aromatic heterocycles. The molecule has 1 unspecified atom stereocenters. The number of likely N-dealkylation sites (tertiary alicyclic amines) is 1. The molecular formula is C23H27NO2. The summed E-state index contributed by atoms with van der Waals surface area (Å²) >= 11 is 0. The van der Waals surface area contributed by atoms with Crippen LogP contribution in [-0.4, -0.2) is 36.4 Å².